The highest BCUT2D eigenvalue weighted by Crippen LogP contribution is 2.41. The summed E-state index contributed by atoms with van der Waals surface area (Å²) < 4.78 is 22.0. The van der Waals surface area contributed by atoms with Gasteiger partial charge in [0.15, 0.2) is 22.9 Å². The van der Waals surface area contributed by atoms with Crippen molar-refractivity contribution < 1.29 is 33.3 Å². The van der Waals surface area contributed by atoms with Crippen LogP contribution in [-0.2, 0) is 9.53 Å². The van der Waals surface area contributed by atoms with E-state index in [1.165, 1.54) is 18.1 Å². The van der Waals surface area contributed by atoms with Crippen molar-refractivity contribution in [1.29, 1.82) is 0 Å². The standard InChI is InChI=1S/C27H28ClNO7/c1-15(2)35-19-8-6-16(7-9-19)23-22(25(31)27(32)29(23)10-5-11-33-3)24(30)20-13-17-12-18(28)14-21(34-4)26(17)36-20/h6-9,12-15,23,31H,5,10-11H2,1-4H3. The number of benzene rings is 2. The van der Waals surface area contributed by atoms with Gasteiger partial charge < -0.3 is 28.6 Å². The maximum Gasteiger partial charge on any atom is 0.290 e. The Morgan fingerprint density at radius 2 is 1.89 bits per heavy atom. The molecule has 1 unspecified atom stereocenters. The summed E-state index contributed by atoms with van der Waals surface area (Å²) in [4.78, 5) is 28.3. The van der Waals surface area contributed by atoms with Crippen LogP contribution >= 0.6 is 11.6 Å². The van der Waals surface area contributed by atoms with Gasteiger partial charge in [-0.25, -0.2) is 0 Å². The Labute approximate surface area is 214 Å². The number of hydrogen-bond donors (Lipinski definition) is 1. The summed E-state index contributed by atoms with van der Waals surface area (Å²) in [5.74, 6) is -0.837. The molecule has 0 bridgehead atoms. The SMILES string of the molecule is COCCCN1C(=O)C(O)=C(C(=O)c2cc3cc(Cl)cc(OC)c3o2)C1c1ccc(OC(C)C)cc1. The number of ether oxygens (including phenoxy) is 3. The second-order valence-corrected chi connectivity index (χ2v) is 9.15. The average Bonchev–Trinajstić information content (AvgIpc) is 3.38. The summed E-state index contributed by atoms with van der Waals surface area (Å²) in [5.41, 5.74) is 0.943. The van der Waals surface area contributed by atoms with Crippen LogP contribution in [0, 0.1) is 0 Å². The summed E-state index contributed by atoms with van der Waals surface area (Å²) >= 11 is 6.16. The topological polar surface area (TPSA) is 98.4 Å². The van der Waals surface area contributed by atoms with Gasteiger partial charge in [0.2, 0.25) is 5.78 Å². The number of aliphatic hydroxyl groups excluding tert-OH is 1. The lowest BCUT2D eigenvalue weighted by molar-refractivity contribution is -0.129. The summed E-state index contributed by atoms with van der Waals surface area (Å²) in [6.07, 6.45) is 0.525. The number of aliphatic hydroxyl groups is 1. The van der Waals surface area contributed by atoms with Gasteiger partial charge in [0.1, 0.15) is 5.75 Å². The Kier molecular flexibility index (Phi) is 7.56. The smallest absolute Gasteiger partial charge is 0.290 e. The molecule has 2 heterocycles. The van der Waals surface area contributed by atoms with E-state index in [-0.39, 0.29) is 24.0 Å². The Morgan fingerprint density at radius 1 is 1.17 bits per heavy atom. The van der Waals surface area contributed by atoms with Crippen molar-refractivity contribution in [3.8, 4) is 11.5 Å². The quantitative estimate of drug-likeness (QED) is 0.282. The highest BCUT2D eigenvalue weighted by atomic mass is 35.5. The number of Topliss-reactive ketones (excluding diaryl/α,β-unsaturated/α-hetero) is 1. The summed E-state index contributed by atoms with van der Waals surface area (Å²) in [6, 6.07) is 11.1. The molecule has 1 aromatic heterocycles. The number of amides is 1. The molecule has 9 heteroatoms. The molecular formula is C27H28ClNO7. The van der Waals surface area contributed by atoms with Crippen molar-refractivity contribution in [1.82, 2.24) is 4.90 Å². The molecule has 36 heavy (non-hydrogen) atoms. The summed E-state index contributed by atoms with van der Waals surface area (Å²) in [5, 5.41) is 11.9. The van der Waals surface area contributed by atoms with Gasteiger partial charge in [0.05, 0.1) is 24.8 Å². The van der Waals surface area contributed by atoms with E-state index in [2.05, 4.69) is 0 Å². The van der Waals surface area contributed by atoms with Crippen molar-refractivity contribution in [3.05, 3.63) is 70.1 Å². The molecule has 0 saturated heterocycles. The third kappa shape index (κ3) is 4.92. The largest absolute Gasteiger partial charge is 0.503 e. The number of furan rings is 1. The molecule has 4 rings (SSSR count). The number of carbonyl (C=O) groups excluding carboxylic acids is 2. The molecule has 8 nitrogen and oxygen atoms in total. The van der Waals surface area contributed by atoms with Crippen molar-refractivity contribution in [3.63, 3.8) is 0 Å². The van der Waals surface area contributed by atoms with E-state index in [1.54, 1.807) is 43.5 Å². The van der Waals surface area contributed by atoms with Crippen LogP contribution in [0.1, 0.15) is 42.4 Å². The van der Waals surface area contributed by atoms with Gasteiger partial charge in [-0.2, -0.15) is 0 Å². The minimum Gasteiger partial charge on any atom is -0.503 e. The van der Waals surface area contributed by atoms with Crippen LogP contribution in [0.25, 0.3) is 11.0 Å². The highest BCUT2D eigenvalue weighted by molar-refractivity contribution is 6.31. The van der Waals surface area contributed by atoms with E-state index in [1.807, 2.05) is 13.8 Å². The van der Waals surface area contributed by atoms with E-state index < -0.39 is 23.5 Å². The zero-order chi connectivity index (χ0) is 26.0. The van der Waals surface area contributed by atoms with Gasteiger partial charge in [-0.15, -0.1) is 0 Å². The molecule has 2 aromatic carbocycles. The fourth-order valence-corrected chi connectivity index (χ4v) is 4.54. The molecule has 0 fully saturated rings. The number of methoxy groups -OCH3 is 2. The Bertz CT molecular complexity index is 1310. The van der Waals surface area contributed by atoms with Crippen molar-refractivity contribution >= 4 is 34.3 Å². The minimum absolute atomic E-state index is 0.00545. The molecule has 1 atom stereocenters. The summed E-state index contributed by atoms with van der Waals surface area (Å²) in [7, 11) is 3.04. The zero-order valence-electron chi connectivity index (χ0n) is 20.5. The normalized spacial score (nSPS) is 15.9. The fourth-order valence-electron chi connectivity index (χ4n) is 4.33. The third-order valence-corrected chi connectivity index (χ3v) is 6.07. The first-order valence-corrected chi connectivity index (χ1v) is 11.9. The maximum absolute atomic E-state index is 13.7. The van der Waals surface area contributed by atoms with Crippen LogP contribution in [-0.4, -0.2) is 55.2 Å². The Morgan fingerprint density at radius 3 is 2.53 bits per heavy atom. The van der Waals surface area contributed by atoms with Crippen molar-refractivity contribution in [2.24, 2.45) is 0 Å². The summed E-state index contributed by atoms with van der Waals surface area (Å²) in [6.45, 7) is 4.56. The second kappa shape index (κ2) is 10.6. The first-order chi connectivity index (χ1) is 17.2. The van der Waals surface area contributed by atoms with Crippen LogP contribution in [0.5, 0.6) is 11.5 Å². The molecule has 1 amide bonds. The lowest BCUT2D eigenvalue weighted by Crippen LogP contribution is -2.32. The molecule has 1 aliphatic heterocycles. The predicted octanol–water partition coefficient (Wildman–Crippen LogP) is 5.50. The van der Waals surface area contributed by atoms with Gasteiger partial charge >= 0.3 is 0 Å². The van der Waals surface area contributed by atoms with E-state index in [4.69, 9.17) is 30.2 Å². The number of rotatable bonds is 10. The monoisotopic (exact) mass is 513 g/mol. The van der Waals surface area contributed by atoms with Crippen LogP contribution in [0.3, 0.4) is 0 Å². The maximum atomic E-state index is 13.7. The molecule has 0 saturated carbocycles. The van der Waals surface area contributed by atoms with Crippen molar-refractivity contribution in [2.75, 3.05) is 27.4 Å². The molecule has 190 valence electrons. The third-order valence-electron chi connectivity index (χ3n) is 5.85. The Hall–Kier alpha value is -3.49. The first kappa shape index (κ1) is 25.6. The second-order valence-electron chi connectivity index (χ2n) is 8.71. The minimum atomic E-state index is -0.811. The first-order valence-electron chi connectivity index (χ1n) is 11.6. The Balaban J connectivity index is 1.76. The number of hydrogen-bond acceptors (Lipinski definition) is 7. The van der Waals surface area contributed by atoms with Gasteiger partial charge in [0.25, 0.3) is 5.91 Å². The number of halogens is 1. The predicted molar refractivity (Wildman–Crippen MR) is 135 cm³/mol. The van der Waals surface area contributed by atoms with Crippen LogP contribution in [0.2, 0.25) is 5.02 Å². The van der Waals surface area contributed by atoms with E-state index in [0.717, 1.165) is 0 Å². The van der Waals surface area contributed by atoms with Gasteiger partial charge in [-0.3, -0.25) is 9.59 Å². The lowest BCUT2D eigenvalue weighted by atomic mass is 9.95. The van der Waals surface area contributed by atoms with E-state index in [9.17, 15) is 14.7 Å². The fraction of sp³-hybridized carbons (Fsp3) is 0.333. The molecular weight excluding hydrogens is 486 g/mol. The number of nitrogens with zero attached hydrogens (tertiary/aromatic N) is 1. The lowest BCUT2D eigenvalue weighted by Gasteiger charge is -2.26. The van der Waals surface area contributed by atoms with E-state index >= 15 is 0 Å². The number of fused-ring (bicyclic) bond motifs is 1. The van der Waals surface area contributed by atoms with Crippen LogP contribution in [0.4, 0.5) is 0 Å². The molecule has 0 spiro atoms. The zero-order valence-corrected chi connectivity index (χ0v) is 21.3. The van der Waals surface area contributed by atoms with E-state index in [0.29, 0.717) is 46.1 Å². The molecule has 0 radical (unpaired) electrons. The van der Waals surface area contributed by atoms with Gasteiger partial charge in [-0.05, 0) is 50.1 Å². The number of carbonyl (C=O) groups is 2. The molecule has 0 aliphatic carbocycles. The molecule has 1 aliphatic rings. The number of ketones is 1. The van der Waals surface area contributed by atoms with Crippen LogP contribution < -0.4 is 9.47 Å². The highest BCUT2D eigenvalue weighted by Gasteiger charge is 2.44. The average molecular weight is 514 g/mol. The van der Waals surface area contributed by atoms with Gasteiger partial charge in [0, 0.05) is 36.7 Å². The van der Waals surface area contributed by atoms with Crippen molar-refractivity contribution in [2.45, 2.75) is 32.4 Å². The van der Waals surface area contributed by atoms with Gasteiger partial charge in [-0.1, -0.05) is 23.7 Å². The van der Waals surface area contributed by atoms with Crippen LogP contribution in [0.15, 0.2) is 58.2 Å². The molecule has 1 N–H and O–H groups in total. The molecule has 3 aromatic rings.